The highest BCUT2D eigenvalue weighted by Gasteiger charge is 2.49. The molecular formula is C21H19Cl3N4O4. The molecule has 0 aliphatic carbocycles. The number of carbonyl (C=O) groups is 4. The Morgan fingerprint density at radius 2 is 1.75 bits per heavy atom. The van der Waals surface area contributed by atoms with Gasteiger partial charge in [-0.25, -0.2) is 4.79 Å². The number of para-hydroxylation sites is 1. The monoisotopic (exact) mass is 496 g/mol. The lowest BCUT2D eigenvalue weighted by Crippen LogP contribution is -2.45. The molecule has 0 aromatic heterocycles. The van der Waals surface area contributed by atoms with Crippen LogP contribution in [-0.2, 0) is 19.9 Å². The van der Waals surface area contributed by atoms with Gasteiger partial charge in [-0.05, 0) is 36.8 Å². The first-order valence-electron chi connectivity index (χ1n) is 9.41. The summed E-state index contributed by atoms with van der Waals surface area (Å²) in [6.45, 7) is 0.688. The molecule has 1 aliphatic heterocycles. The van der Waals surface area contributed by atoms with Crippen LogP contribution < -0.4 is 10.6 Å². The SMILES string of the molecule is CN(CC(=O)Nc1ccccc1Cl)C(=O)CN1C(=O)NC(C)(c2ccc(Cl)c(Cl)c2)C1=O. The van der Waals surface area contributed by atoms with Crippen LogP contribution in [0.15, 0.2) is 42.5 Å². The van der Waals surface area contributed by atoms with Gasteiger partial charge in [0.15, 0.2) is 0 Å². The van der Waals surface area contributed by atoms with Crippen molar-refractivity contribution in [2.24, 2.45) is 0 Å². The summed E-state index contributed by atoms with van der Waals surface area (Å²) in [5.41, 5.74) is -0.579. The quantitative estimate of drug-likeness (QED) is 0.597. The van der Waals surface area contributed by atoms with Gasteiger partial charge < -0.3 is 15.5 Å². The van der Waals surface area contributed by atoms with Gasteiger partial charge >= 0.3 is 6.03 Å². The highest BCUT2D eigenvalue weighted by Crippen LogP contribution is 2.33. The minimum absolute atomic E-state index is 0.228. The molecule has 5 amide bonds. The van der Waals surface area contributed by atoms with Crippen molar-refractivity contribution in [1.29, 1.82) is 0 Å². The summed E-state index contributed by atoms with van der Waals surface area (Å²) in [6.07, 6.45) is 0. The van der Waals surface area contributed by atoms with E-state index in [0.717, 1.165) is 9.80 Å². The molecule has 168 valence electrons. The highest BCUT2D eigenvalue weighted by atomic mass is 35.5. The van der Waals surface area contributed by atoms with Crippen LogP contribution >= 0.6 is 34.8 Å². The molecule has 1 atom stereocenters. The van der Waals surface area contributed by atoms with Crippen LogP contribution in [0.1, 0.15) is 12.5 Å². The molecule has 8 nitrogen and oxygen atoms in total. The Kier molecular flexibility index (Phi) is 6.97. The number of urea groups is 1. The fourth-order valence-electron chi connectivity index (χ4n) is 3.16. The molecular weight excluding hydrogens is 479 g/mol. The number of amides is 5. The molecule has 2 aromatic rings. The van der Waals surface area contributed by atoms with E-state index in [0.29, 0.717) is 21.3 Å². The van der Waals surface area contributed by atoms with Crippen LogP contribution in [0, 0.1) is 0 Å². The Hall–Kier alpha value is -2.81. The van der Waals surface area contributed by atoms with Gasteiger partial charge in [0.05, 0.1) is 27.3 Å². The van der Waals surface area contributed by atoms with Gasteiger partial charge in [-0.3, -0.25) is 19.3 Å². The first-order chi connectivity index (χ1) is 15.0. The topological polar surface area (TPSA) is 98.8 Å². The summed E-state index contributed by atoms with van der Waals surface area (Å²) >= 11 is 18.0. The molecule has 3 rings (SSSR count). The molecule has 1 heterocycles. The third kappa shape index (κ3) is 4.82. The molecule has 2 N–H and O–H groups in total. The van der Waals surface area contributed by atoms with E-state index in [1.165, 1.54) is 26.1 Å². The summed E-state index contributed by atoms with van der Waals surface area (Å²) in [5.74, 6) is -1.70. The van der Waals surface area contributed by atoms with Crippen molar-refractivity contribution in [2.45, 2.75) is 12.5 Å². The number of rotatable bonds is 6. The Morgan fingerprint density at radius 3 is 2.41 bits per heavy atom. The fraction of sp³-hybridized carbons (Fsp3) is 0.238. The molecule has 1 fully saturated rings. The van der Waals surface area contributed by atoms with Crippen molar-refractivity contribution in [2.75, 3.05) is 25.5 Å². The molecule has 1 aliphatic rings. The Balaban J connectivity index is 1.65. The zero-order valence-corrected chi connectivity index (χ0v) is 19.4. The van der Waals surface area contributed by atoms with E-state index in [9.17, 15) is 19.2 Å². The lowest BCUT2D eigenvalue weighted by Gasteiger charge is -2.23. The molecule has 1 saturated heterocycles. The number of nitrogens with one attached hydrogen (secondary N) is 2. The van der Waals surface area contributed by atoms with Gasteiger partial charge in [-0.2, -0.15) is 0 Å². The number of carbonyl (C=O) groups excluding carboxylic acids is 4. The fourth-order valence-corrected chi connectivity index (χ4v) is 3.64. The van der Waals surface area contributed by atoms with Crippen molar-refractivity contribution in [3.63, 3.8) is 0 Å². The Bertz CT molecular complexity index is 1110. The highest BCUT2D eigenvalue weighted by molar-refractivity contribution is 6.42. The number of hydrogen-bond acceptors (Lipinski definition) is 4. The zero-order chi connectivity index (χ0) is 23.6. The maximum atomic E-state index is 13.0. The molecule has 32 heavy (non-hydrogen) atoms. The van der Waals surface area contributed by atoms with Crippen molar-refractivity contribution >= 4 is 64.2 Å². The molecule has 1 unspecified atom stereocenters. The first kappa shape index (κ1) is 23.8. The van der Waals surface area contributed by atoms with Gasteiger partial charge in [0.1, 0.15) is 12.1 Å². The van der Waals surface area contributed by atoms with E-state index in [-0.39, 0.29) is 11.6 Å². The number of imide groups is 1. The second-order valence-electron chi connectivity index (χ2n) is 7.35. The summed E-state index contributed by atoms with van der Waals surface area (Å²) < 4.78 is 0. The zero-order valence-electron chi connectivity index (χ0n) is 17.1. The van der Waals surface area contributed by atoms with Crippen molar-refractivity contribution in [3.8, 4) is 0 Å². The third-order valence-electron chi connectivity index (χ3n) is 5.02. The average molecular weight is 498 g/mol. The standard InChI is InChI=1S/C21H19Cl3N4O4/c1-21(12-7-8-13(22)15(24)9-12)19(31)28(20(32)26-21)11-18(30)27(2)10-17(29)25-16-6-4-3-5-14(16)23/h3-9H,10-11H2,1-2H3,(H,25,29)(H,26,32). The van der Waals surface area contributed by atoms with Gasteiger partial charge in [0.25, 0.3) is 5.91 Å². The molecule has 0 radical (unpaired) electrons. The lowest BCUT2D eigenvalue weighted by molar-refractivity contribution is -0.139. The van der Waals surface area contributed by atoms with Crippen LogP contribution in [0.25, 0.3) is 0 Å². The van der Waals surface area contributed by atoms with Crippen LogP contribution in [0.4, 0.5) is 10.5 Å². The maximum absolute atomic E-state index is 13.0. The second-order valence-corrected chi connectivity index (χ2v) is 8.57. The number of benzene rings is 2. The van der Waals surface area contributed by atoms with E-state index in [1.807, 2.05) is 0 Å². The minimum atomic E-state index is -1.41. The predicted octanol–water partition coefficient (Wildman–Crippen LogP) is 3.51. The Morgan fingerprint density at radius 1 is 1.06 bits per heavy atom. The smallest absolute Gasteiger partial charge is 0.325 e. The van der Waals surface area contributed by atoms with Gasteiger partial charge in [0, 0.05) is 7.05 Å². The van der Waals surface area contributed by atoms with Crippen molar-refractivity contribution in [1.82, 2.24) is 15.1 Å². The van der Waals surface area contributed by atoms with E-state index in [1.54, 1.807) is 30.3 Å². The average Bonchev–Trinajstić information content (AvgIpc) is 2.95. The molecule has 0 bridgehead atoms. The van der Waals surface area contributed by atoms with Crippen LogP contribution in [-0.4, -0.2) is 53.7 Å². The second kappa shape index (κ2) is 9.36. The van der Waals surface area contributed by atoms with E-state index >= 15 is 0 Å². The van der Waals surface area contributed by atoms with Gasteiger partial charge in [-0.15, -0.1) is 0 Å². The van der Waals surface area contributed by atoms with Crippen LogP contribution in [0.2, 0.25) is 15.1 Å². The van der Waals surface area contributed by atoms with Gasteiger partial charge in [-0.1, -0.05) is 53.0 Å². The number of nitrogens with zero attached hydrogens (tertiary/aromatic N) is 2. The summed E-state index contributed by atoms with van der Waals surface area (Å²) in [7, 11) is 1.39. The normalized spacial score (nSPS) is 17.8. The Labute approximate surface area is 199 Å². The summed E-state index contributed by atoms with van der Waals surface area (Å²) in [5, 5.41) is 6.08. The maximum Gasteiger partial charge on any atom is 0.325 e. The molecule has 0 saturated carbocycles. The number of hydrogen-bond donors (Lipinski definition) is 2. The minimum Gasteiger partial charge on any atom is -0.335 e. The summed E-state index contributed by atoms with van der Waals surface area (Å²) in [4.78, 5) is 52.2. The number of anilines is 1. The summed E-state index contributed by atoms with van der Waals surface area (Å²) in [6, 6.07) is 10.5. The van der Waals surface area contributed by atoms with Crippen molar-refractivity contribution < 1.29 is 19.2 Å². The van der Waals surface area contributed by atoms with Crippen LogP contribution in [0.5, 0.6) is 0 Å². The lowest BCUT2D eigenvalue weighted by atomic mass is 9.92. The molecule has 0 spiro atoms. The number of likely N-dealkylation sites (N-methyl/N-ethyl adjacent to an activating group) is 1. The van der Waals surface area contributed by atoms with E-state index in [4.69, 9.17) is 34.8 Å². The predicted molar refractivity (Wildman–Crippen MR) is 122 cm³/mol. The third-order valence-corrected chi connectivity index (χ3v) is 6.09. The first-order valence-corrected chi connectivity index (χ1v) is 10.5. The molecule has 2 aromatic carbocycles. The van der Waals surface area contributed by atoms with Crippen LogP contribution in [0.3, 0.4) is 0 Å². The molecule has 11 heteroatoms. The van der Waals surface area contributed by atoms with E-state index in [2.05, 4.69) is 10.6 Å². The largest absolute Gasteiger partial charge is 0.335 e. The van der Waals surface area contributed by atoms with E-state index < -0.39 is 35.8 Å². The van der Waals surface area contributed by atoms with Gasteiger partial charge in [0.2, 0.25) is 11.8 Å². The van der Waals surface area contributed by atoms with Crippen molar-refractivity contribution in [3.05, 3.63) is 63.1 Å². The number of halogens is 3.